The number of hydrogen-bond acceptors (Lipinski definition) is 7. The molecule has 0 saturated carbocycles. The van der Waals surface area contributed by atoms with E-state index in [4.69, 9.17) is 0 Å². The van der Waals surface area contributed by atoms with E-state index >= 15 is 0 Å². The number of nitrogens with one attached hydrogen (secondary N) is 3. The van der Waals surface area contributed by atoms with Gasteiger partial charge in [-0.15, -0.1) is 0 Å². The number of carbonyl (C=O) groups is 1. The molecule has 0 radical (unpaired) electrons. The minimum atomic E-state index is -0.125. The summed E-state index contributed by atoms with van der Waals surface area (Å²) in [7, 11) is 1.83. The molecule has 0 aliphatic carbocycles. The quantitative estimate of drug-likeness (QED) is 0.539. The fourth-order valence-electron chi connectivity index (χ4n) is 2.82. The van der Waals surface area contributed by atoms with Crippen molar-refractivity contribution in [2.75, 3.05) is 23.7 Å². The fraction of sp³-hybridized carbons (Fsp3) is 0.316. The summed E-state index contributed by atoms with van der Waals surface area (Å²) < 4.78 is 1.71. The maximum Gasteiger partial charge on any atom is 0.255 e. The lowest BCUT2D eigenvalue weighted by atomic mass is 10.2. The second kappa shape index (κ2) is 8.47. The average Bonchev–Trinajstić information content (AvgIpc) is 2.91. The minimum absolute atomic E-state index is 0.125. The van der Waals surface area contributed by atoms with E-state index in [0.29, 0.717) is 30.3 Å². The van der Waals surface area contributed by atoms with Gasteiger partial charge in [-0.2, -0.15) is 5.10 Å². The summed E-state index contributed by atoms with van der Waals surface area (Å²) in [6, 6.07) is 5.66. The van der Waals surface area contributed by atoms with Gasteiger partial charge in [0.1, 0.15) is 23.8 Å². The predicted octanol–water partition coefficient (Wildman–Crippen LogP) is 2.12. The van der Waals surface area contributed by atoms with E-state index in [-0.39, 0.29) is 5.91 Å². The highest BCUT2D eigenvalue weighted by atomic mass is 16.1. The first kappa shape index (κ1) is 19.3. The summed E-state index contributed by atoms with van der Waals surface area (Å²) in [5.74, 6) is 1.90. The Hall–Kier alpha value is -3.49. The van der Waals surface area contributed by atoms with Gasteiger partial charge in [-0.1, -0.05) is 0 Å². The SMILES string of the molecule is Cc1ccnc(Nc2cc(NCCNC(=O)c3c(C)nn(C)c3C)ncn2)c1. The maximum absolute atomic E-state index is 12.4. The number of pyridine rings is 1. The van der Waals surface area contributed by atoms with E-state index in [0.717, 1.165) is 22.8 Å². The van der Waals surface area contributed by atoms with Crippen molar-refractivity contribution in [3.8, 4) is 0 Å². The van der Waals surface area contributed by atoms with Crippen molar-refractivity contribution >= 4 is 23.4 Å². The Morgan fingerprint density at radius 2 is 1.79 bits per heavy atom. The Morgan fingerprint density at radius 1 is 1.04 bits per heavy atom. The molecule has 1 amide bonds. The Kier molecular flexibility index (Phi) is 5.83. The summed E-state index contributed by atoms with van der Waals surface area (Å²) in [4.78, 5) is 25.0. The summed E-state index contributed by atoms with van der Waals surface area (Å²) in [6.45, 7) is 6.70. The van der Waals surface area contributed by atoms with Gasteiger partial charge in [0, 0.05) is 38.1 Å². The lowest BCUT2D eigenvalue weighted by molar-refractivity contribution is 0.0954. The lowest BCUT2D eigenvalue weighted by Crippen LogP contribution is -2.29. The monoisotopic (exact) mass is 380 g/mol. The van der Waals surface area contributed by atoms with Crippen LogP contribution in [0.1, 0.15) is 27.3 Å². The molecule has 3 rings (SSSR count). The largest absolute Gasteiger partial charge is 0.368 e. The first-order chi connectivity index (χ1) is 13.4. The first-order valence-electron chi connectivity index (χ1n) is 8.98. The van der Waals surface area contributed by atoms with E-state index in [9.17, 15) is 4.79 Å². The number of aromatic nitrogens is 5. The third-order valence-electron chi connectivity index (χ3n) is 4.29. The van der Waals surface area contributed by atoms with Gasteiger partial charge in [0.25, 0.3) is 5.91 Å². The van der Waals surface area contributed by atoms with Crippen LogP contribution in [0.5, 0.6) is 0 Å². The molecule has 0 atom stereocenters. The standard InChI is InChI=1S/C19H24N8O/c1-12-5-6-20-16(9-12)25-17-10-15(23-11-24-17)21-7-8-22-19(28)18-13(2)26-27(4)14(18)3/h5-6,9-11H,7-8H2,1-4H3,(H,22,28)(H2,20,21,23,24,25). The molecule has 28 heavy (non-hydrogen) atoms. The summed E-state index contributed by atoms with van der Waals surface area (Å²) in [6.07, 6.45) is 3.22. The fourth-order valence-corrected chi connectivity index (χ4v) is 2.82. The van der Waals surface area contributed by atoms with Crippen molar-refractivity contribution in [3.63, 3.8) is 0 Å². The van der Waals surface area contributed by atoms with Gasteiger partial charge in [0.2, 0.25) is 0 Å². The number of carbonyl (C=O) groups excluding carboxylic acids is 1. The molecule has 3 heterocycles. The van der Waals surface area contributed by atoms with Crippen LogP contribution < -0.4 is 16.0 Å². The molecule has 0 saturated heterocycles. The van der Waals surface area contributed by atoms with Crippen LogP contribution in [0, 0.1) is 20.8 Å². The van der Waals surface area contributed by atoms with Crippen LogP contribution in [-0.2, 0) is 7.05 Å². The van der Waals surface area contributed by atoms with Crippen LogP contribution in [-0.4, -0.2) is 43.7 Å². The number of amides is 1. The van der Waals surface area contributed by atoms with Crippen LogP contribution in [0.4, 0.5) is 17.5 Å². The van der Waals surface area contributed by atoms with Crippen molar-refractivity contribution in [2.45, 2.75) is 20.8 Å². The zero-order valence-corrected chi connectivity index (χ0v) is 16.4. The molecule has 0 spiro atoms. The van der Waals surface area contributed by atoms with Crippen molar-refractivity contribution in [2.24, 2.45) is 7.05 Å². The molecule has 3 aromatic rings. The van der Waals surface area contributed by atoms with Gasteiger partial charge in [-0.05, 0) is 38.5 Å². The Bertz CT molecular complexity index is 982. The predicted molar refractivity (Wildman–Crippen MR) is 108 cm³/mol. The number of hydrogen-bond donors (Lipinski definition) is 3. The molecular formula is C19H24N8O. The maximum atomic E-state index is 12.4. The number of anilines is 3. The molecule has 146 valence electrons. The van der Waals surface area contributed by atoms with E-state index in [1.807, 2.05) is 40.0 Å². The first-order valence-corrected chi connectivity index (χ1v) is 8.98. The third kappa shape index (κ3) is 4.61. The van der Waals surface area contributed by atoms with E-state index in [1.54, 1.807) is 16.9 Å². The summed E-state index contributed by atoms with van der Waals surface area (Å²) in [5.41, 5.74) is 3.31. The molecule has 3 aromatic heterocycles. The van der Waals surface area contributed by atoms with Gasteiger partial charge < -0.3 is 16.0 Å². The molecule has 0 aromatic carbocycles. The van der Waals surface area contributed by atoms with Crippen LogP contribution in [0.2, 0.25) is 0 Å². The molecule has 0 unspecified atom stereocenters. The number of nitrogens with zero attached hydrogens (tertiary/aromatic N) is 5. The zero-order valence-electron chi connectivity index (χ0n) is 16.4. The van der Waals surface area contributed by atoms with Crippen LogP contribution in [0.25, 0.3) is 0 Å². The van der Waals surface area contributed by atoms with Crippen molar-refractivity contribution < 1.29 is 4.79 Å². The van der Waals surface area contributed by atoms with Crippen molar-refractivity contribution in [3.05, 3.63) is 53.2 Å². The van der Waals surface area contributed by atoms with Gasteiger partial charge in [0.05, 0.1) is 11.3 Å². The lowest BCUT2D eigenvalue weighted by Gasteiger charge is -2.09. The summed E-state index contributed by atoms with van der Waals surface area (Å²) >= 11 is 0. The van der Waals surface area contributed by atoms with E-state index < -0.39 is 0 Å². The molecule has 0 aliphatic heterocycles. The highest BCUT2D eigenvalue weighted by Crippen LogP contribution is 2.15. The van der Waals surface area contributed by atoms with E-state index in [2.05, 4.69) is 36.0 Å². The molecule has 0 bridgehead atoms. The Morgan fingerprint density at radius 3 is 2.50 bits per heavy atom. The highest BCUT2D eigenvalue weighted by Gasteiger charge is 2.16. The second-order valence-electron chi connectivity index (χ2n) is 6.48. The van der Waals surface area contributed by atoms with Crippen molar-refractivity contribution in [1.82, 2.24) is 30.0 Å². The topological polar surface area (TPSA) is 110 Å². The number of aryl methyl sites for hydroxylation is 3. The van der Waals surface area contributed by atoms with Gasteiger partial charge in [-0.25, -0.2) is 15.0 Å². The molecule has 0 fully saturated rings. The Labute approximate surface area is 163 Å². The Balaban J connectivity index is 1.52. The van der Waals surface area contributed by atoms with Gasteiger partial charge in [0.15, 0.2) is 0 Å². The molecule has 0 aliphatic rings. The highest BCUT2D eigenvalue weighted by molar-refractivity contribution is 5.96. The zero-order chi connectivity index (χ0) is 20.1. The molecule has 9 nitrogen and oxygen atoms in total. The summed E-state index contributed by atoms with van der Waals surface area (Å²) in [5, 5.41) is 13.5. The van der Waals surface area contributed by atoms with Crippen LogP contribution in [0.3, 0.4) is 0 Å². The van der Waals surface area contributed by atoms with Gasteiger partial charge >= 0.3 is 0 Å². The van der Waals surface area contributed by atoms with Crippen LogP contribution >= 0.6 is 0 Å². The van der Waals surface area contributed by atoms with Crippen molar-refractivity contribution in [1.29, 1.82) is 0 Å². The van der Waals surface area contributed by atoms with Gasteiger partial charge in [-0.3, -0.25) is 9.48 Å². The number of rotatable bonds is 7. The minimum Gasteiger partial charge on any atom is -0.368 e. The van der Waals surface area contributed by atoms with E-state index in [1.165, 1.54) is 6.33 Å². The average molecular weight is 380 g/mol. The smallest absolute Gasteiger partial charge is 0.255 e. The normalized spacial score (nSPS) is 10.6. The second-order valence-corrected chi connectivity index (χ2v) is 6.48. The molecular weight excluding hydrogens is 356 g/mol. The molecule has 9 heteroatoms. The third-order valence-corrected chi connectivity index (χ3v) is 4.29. The van der Waals surface area contributed by atoms with Crippen LogP contribution in [0.15, 0.2) is 30.7 Å². The molecule has 3 N–H and O–H groups in total.